The van der Waals surface area contributed by atoms with Gasteiger partial charge in [-0.15, -0.1) is 0 Å². The summed E-state index contributed by atoms with van der Waals surface area (Å²) >= 11 is 0. The highest BCUT2D eigenvalue weighted by atomic mass is 16.5. The predicted octanol–water partition coefficient (Wildman–Crippen LogP) is 1.78. The van der Waals surface area contributed by atoms with Crippen LogP contribution in [0.15, 0.2) is 48.5 Å². The Hall–Kier alpha value is -2.53. The number of anilines is 2. The molecule has 5 nitrogen and oxygen atoms in total. The molecular formula is C15H16N2O3. The van der Waals surface area contributed by atoms with E-state index in [1.807, 2.05) is 0 Å². The van der Waals surface area contributed by atoms with E-state index < -0.39 is 0 Å². The molecule has 104 valence electrons. The Morgan fingerprint density at radius 3 is 2.35 bits per heavy atom. The summed E-state index contributed by atoms with van der Waals surface area (Å²) in [7, 11) is 0. The molecule has 0 aliphatic carbocycles. The highest BCUT2D eigenvalue weighted by molar-refractivity contribution is 5.92. The Morgan fingerprint density at radius 2 is 1.75 bits per heavy atom. The first-order chi connectivity index (χ1) is 9.67. The molecule has 0 unspecified atom stereocenters. The molecule has 0 fully saturated rings. The number of nitrogen functional groups attached to an aromatic ring is 1. The minimum atomic E-state index is -0.249. The molecule has 2 aromatic rings. The number of rotatable bonds is 5. The molecule has 5 heteroatoms. The van der Waals surface area contributed by atoms with Gasteiger partial charge >= 0.3 is 0 Å². The molecule has 0 saturated heterocycles. The lowest BCUT2D eigenvalue weighted by molar-refractivity contribution is -0.118. The third-order valence-corrected chi connectivity index (χ3v) is 2.67. The smallest absolute Gasteiger partial charge is 0.262 e. The number of aliphatic hydroxyl groups is 1. The van der Waals surface area contributed by atoms with Gasteiger partial charge in [0.1, 0.15) is 5.75 Å². The summed E-state index contributed by atoms with van der Waals surface area (Å²) in [4.78, 5) is 11.7. The zero-order chi connectivity index (χ0) is 14.4. The van der Waals surface area contributed by atoms with E-state index in [4.69, 9.17) is 15.6 Å². The minimum Gasteiger partial charge on any atom is -0.484 e. The van der Waals surface area contributed by atoms with E-state index in [0.717, 1.165) is 5.56 Å². The van der Waals surface area contributed by atoms with Crippen LogP contribution >= 0.6 is 0 Å². The van der Waals surface area contributed by atoms with E-state index in [0.29, 0.717) is 17.1 Å². The molecule has 0 aliphatic rings. The molecule has 4 N–H and O–H groups in total. The number of hydrogen-bond acceptors (Lipinski definition) is 4. The van der Waals surface area contributed by atoms with Crippen molar-refractivity contribution in [3.8, 4) is 5.75 Å². The van der Waals surface area contributed by atoms with E-state index in [9.17, 15) is 4.79 Å². The normalized spacial score (nSPS) is 10.1. The van der Waals surface area contributed by atoms with Gasteiger partial charge < -0.3 is 20.9 Å². The monoisotopic (exact) mass is 272 g/mol. The summed E-state index contributed by atoms with van der Waals surface area (Å²) < 4.78 is 5.34. The summed E-state index contributed by atoms with van der Waals surface area (Å²) in [6.07, 6.45) is 0. The van der Waals surface area contributed by atoms with Crippen molar-refractivity contribution in [2.24, 2.45) is 0 Å². The first-order valence-electron chi connectivity index (χ1n) is 6.15. The van der Waals surface area contributed by atoms with Gasteiger partial charge in [-0.1, -0.05) is 12.1 Å². The molecule has 1 amide bonds. The zero-order valence-corrected chi connectivity index (χ0v) is 10.9. The molecule has 0 radical (unpaired) electrons. The number of hydrogen-bond donors (Lipinski definition) is 3. The Balaban J connectivity index is 1.83. The maximum absolute atomic E-state index is 11.7. The van der Waals surface area contributed by atoms with Gasteiger partial charge in [0.05, 0.1) is 6.61 Å². The van der Waals surface area contributed by atoms with Crippen molar-refractivity contribution >= 4 is 17.3 Å². The number of amides is 1. The average Bonchev–Trinajstić information content (AvgIpc) is 2.48. The van der Waals surface area contributed by atoms with Crippen LogP contribution in [0, 0.1) is 0 Å². The molecule has 0 heterocycles. The van der Waals surface area contributed by atoms with E-state index in [-0.39, 0.29) is 19.1 Å². The van der Waals surface area contributed by atoms with Gasteiger partial charge in [0, 0.05) is 11.4 Å². The van der Waals surface area contributed by atoms with Gasteiger partial charge in [-0.05, 0) is 42.0 Å². The first-order valence-corrected chi connectivity index (χ1v) is 6.15. The Kier molecular flexibility index (Phi) is 4.57. The fourth-order valence-corrected chi connectivity index (χ4v) is 1.60. The van der Waals surface area contributed by atoms with Crippen LogP contribution in [0.4, 0.5) is 11.4 Å². The third-order valence-electron chi connectivity index (χ3n) is 2.67. The van der Waals surface area contributed by atoms with Crippen molar-refractivity contribution in [1.82, 2.24) is 0 Å². The first kappa shape index (κ1) is 13.9. The average molecular weight is 272 g/mol. The van der Waals surface area contributed by atoms with Gasteiger partial charge in [-0.3, -0.25) is 4.79 Å². The maximum atomic E-state index is 11.7. The van der Waals surface area contributed by atoms with Crippen LogP contribution in [0.25, 0.3) is 0 Å². The van der Waals surface area contributed by atoms with Crippen LogP contribution in [0.1, 0.15) is 5.56 Å². The number of nitrogens with one attached hydrogen (secondary N) is 1. The molecule has 2 aromatic carbocycles. The van der Waals surface area contributed by atoms with E-state index >= 15 is 0 Å². The topological polar surface area (TPSA) is 84.6 Å². The van der Waals surface area contributed by atoms with Gasteiger partial charge in [0.2, 0.25) is 0 Å². The van der Waals surface area contributed by atoms with Crippen LogP contribution in [0.2, 0.25) is 0 Å². The molecule has 0 bridgehead atoms. The Labute approximate surface area is 117 Å². The van der Waals surface area contributed by atoms with Crippen molar-refractivity contribution in [3.63, 3.8) is 0 Å². The summed E-state index contributed by atoms with van der Waals surface area (Å²) in [5.74, 6) is 0.329. The molecule has 0 saturated carbocycles. The van der Waals surface area contributed by atoms with Crippen molar-refractivity contribution in [2.45, 2.75) is 6.61 Å². The van der Waals surface area contributed by atoms with E-state index in [1.165, 1.54) is 0 Å². The molecule has 20 heavy (non-hydrogen) atoms. The van der Waals surface area contributed by atoms with Gasteiger partial charge in [0.15, 0.2) is 6.61 Å². The molecule has 0 aliphatic heterocycles. The quantitative estimate of drug-likeness (QED) is 0.724. The molecule has 0 atom stereocenters. The van der Waals surface area contributed by atoms with E-state index in [1.54, 1.807) is 48.5 Å². The lowest BCUT2D eigenvalue weighted by Crippen LogP contribution is -2.20. The van der Waals surface area contributed by atoms with Crippen LogP contribution in [0.3, 0.4) is 0 Å². The van der Waals surface area contributed by atoms with Crippen LogP contribution < -0.4 is 15.8 Å². The third kappa shape index (κ3) is 4.00. The van der Waals surface area contributed by atoms with Gasteiger partial charge in [-0.2, -0.15) is 0 Å². The number of nitrogens with two attached hydrogens (primary N) is 1. The largest absolute Gasteiger partial charge is 0.484 e. The Morgan fingerprint density at radius 1 is 1.10 bits per heavy atom. The van der Waals surface area contributed by atoms with Crippen molar-refractivity contribution < 1.29 is 14.6 Å². The van der Waals surface area contributed by atoms with Gasteiger partial charge in [0.25, 0.3) is 5.91 Å². The van der Waals surface area contributed by atoms with Gasteiger partial charge in [-0.25, -0.2) is 0 Å². The lowest BCUT2D eigenvalue weighted by Gasteiger charge is -2.08. The fraction of sp³-hybridized carbons (Fsp3) is 0.133. The number of benzene rings is 2. The van der Waals surface area contributed by atoms with Crippen molar-refractivity contribution in [3.05, 3.63) is 54.1 Å². The number of carbonyl (C=O) groups is 1. The fourth-order valence-electron chi connectivity index (χ4n) is 1.60. The van der Waals surface area contributed by atoms with Crippen LogP contribution in [0.5, 0.6) is 5.75 Å². The summed E-state index contributed by atoms with van der Waals surface area (Å²) in [6.45, 7) is -0.0965. The highest BCUT2D eigenvalue weighted by Crippen LogP contribution is 2.13. The zero-order valence-electron chi connectivity index (χ0n) is 10.9. The molecular weight excluding hydrogens is 256 g/mol. The van der Waals surface area contributed by atoms with Crippen molar-refractivity contribution in [1.29, 1.82) is 0 Å². The summed E-state index contributed by atoms with van der Waals surface area (Å²) in [5, 5.41) is 11.6. The van der Waals surface area contributed by atoms with Crippen LogP contribution in [-0.4, -0.2) is 17.6 Å². The molecule has 0 aromatic heterocycles. The molecule has 0 spiro atoms. The van der Waals surface area contributed by atoms with Crippen LogP contribution in [-0.2, 0) is 11.4 Å². The summed E-state index contributed by atoms with van der Waals surface area (Å²) in [6, 6.07) is 13.8. The second-order valence-electron chi connectivity index (χ2n) is 4.26. The Bertz CT molecular complexity index is 565. The SMILES string of the molecule is Nc1ccc(NC(=O)COc2ccc(CO)cc2)cc1. The number of aliphatic hydroxyl groups excluding tert-OH is 1. The minimum absolute atomic E-state index is 0.0160. The standard InChI is InChI=1S/C15H16N2O3/c16-12-3-5-13(6-4-12)17-15(19)10-20-14-7-1-11(9-18)2-8-14/h1-8,18H,9-10,16H2,(H,17,19). The maximum Gasteiger partial charge on any atom is 0.262 e. The predicted molar refractivity (Wildman–Crippen MR) is 77.3 cm³/mol. The highest BCUT2D eigenvalue weighted by Gasteiger charge is 2.03. The summed E-state index contributed by atoms with van der Waals surface area (Å²) in [5.41, 5.74) is 7.67. The second-order valence-corrected chi connectivity index (χ2v) is 4.26. The number of carbonyl (C=O) groups excluding carboxylic acids is 1. The molecule has 2 rings (SSSR count). The van der Waals surface area contributed by atoms with Crippen molar-refractivity contribution in [2.75, 3.05) is 17.7 Å². The lowest BCUT2D eigenvalue weighted by atomic mass is 10.2. The second kappa shape index (κ2) is 6.58. The number of ether oxygens (including phenoxy) is 1. The van der Waals surface area contributed by atoms with E-state index in [2.05, 4.69) is 5.32 Å².